The van der Waals surface area contributed by atoms with E-state index in [9.17, 15) is 33.9 Å². The Morgan fingerprint density at radius 2 is 1.83 bits per heavy atom. The molecule has 4 aliphatic carbocycles. The molecule has 0 radical (unpaired) electrons. The van der Waals surface area contributed by atoms with E-state index in [2.05, 4.69) is 6.58 Å². The standard InChI is InChI=1S/C35H39NO12/c1-16-18-6-7-21-34-15-46-31(42)28(34)33(2,3)11-10-22(34)47-32(43)35(21,29(16)41)30(18)48-24(39)9-8-23(38)45-14-17-13-36(4)26-19(37)12-20(44-5)27(40)25(17)26/h12-13,18,21-22,28,30-31,42H,1,6-11,14-15H2,2-5H3/t18-,21+,22-,28?,30+,31+,34+,35-/m0/s1. The van der Waals surface area contributed by atoms with Gasteiger partial charge in [-0.15, -0.1) is 0 Å². The summed E-state index contributed by atoms with van der Waals surface area (Å²) < 4.78 is 29.8. The second-order valence-corrected chi connectivity index (χ2v) is 14.6. The lowest BCUT2D eigenvalue weighted by Gasteiger charge is -2.62. The van der Waals surface area contributed by atoms with Gasteiger partial charge < -0.3 is 33.4 Å². The van der Waals surface area contributed by atoms with Gasteiger partial charge in [0.05, 0.1) is 32.1 Å². The van der Waals surface area contributed by atoms with Crippen molar-refractivity contribution in [2.45, 2.75) is 77.5 Å². The molecule has 3 saturated carbocycles. The highest BCUT2D eigenvalue weighted by atomic mass is 16.6. The van der Waals surface area contributed by atoms with E-state index in [0.717, 1.165) is 6.08 Å². The number of hydrogen-bond donors (Lipinski definition) is 1. The number of aliphatic hydroxyl groups excluding tert-OH is 1. The van der Waals surface area contributed by atoms with Crippen LogP contribution in [0.25, 0.3) is 0 Å². The fourth-order valence-electron chi connectivity index (χ4n) is 10.0. The number of ether oxygens (including phenoxy) is 5. The molecular formula is C35H39NO12. The predicted molar refractivity (Wildman–Crippen MR) is 162 cm³/mol. The van der Waals surface area contributed by atoms with Gasteiger partial charge in [0.15, 0.2) is 23.2 Å². The summed E-state index contributed by atoms with van der Waals surface area (Å²) in [4.78, 5) is 79.5. The Hall–Kier alpha value is -4.10. The van der Waals surface area contributed by atoms with Crippen molar-refractivity contribution in [3.8, 4) is 0 Å². The van der Waals surface area contributed by atoms with Crippen molar-refractivity contribution in [3.63, 3.8) is 0 Å². The van der Waals surface area contributed by atoms with Gasteiger partial charge in [0, 0.05) is 42.1 Å². The van der Waals surface area contributed by atoms with Gasteiger partial charge in [0.1, 0.15) is 24.5 Å². The van der Waals surface area contributed by atoms with Gasteiger partial charge in [-0.2, -0.15) is 0 Å². The fourth-order valence-corrected chi connectivity index (χ4v) is 10.0. The number of esters is 3. The number of aliphatic hydroxyl groups is 1. The monoisotopic (exact) mass is 665 g/mol. The lowest BCUT2D eigenvalue weighted by molar-refractivity contribution is -0.252. The third kappa shape index (κ3) is 4.22. The summed E-state index contributed by atoms with van der Waals surface area (Å²) in [5.74, 6) is -5.45. The summed E-state index contributed by atoms with van der Waals surface area (Å²) in [6, 6.07) is 0. The Morgan fingerprint density at radius 3 is 2.56 bits per heavy atom. The first-order chi connectivity index (χ1) is 22.7. The summed E-state index contributed by atoms with van der Waals surface area (Å²) in [5, 5.41) is 11.1. The van der Waals surface area contributed by atoms with E-state index in [1.165, 1.54) is 17.9 Å². The van der Waals surface area contributed by atoms with Gasteiger partial charge in [-0.1, -0.05) is 20.4 Å². The number of aryl methyl sites for hydroxylation is 1. The van der Waals surface area contributed by atoms with Crippen molar-refractivity contribution in [1.29, 1.82) is 0 Å². The topological polar surface area (TPSA) is 174 Å². The van der Waals surface area contributed by atoms with Crippen LogP contribution in [0.15, 0.2) is 30.2 Å². The molecule has 256 valence electrons. The Labute approximate surface area is 276 Å². The maximum absolute atomic E-state index is 14.1. The van der Waals surface area contributed by atoms with Crippen LogP contribution in [-0.4, -0.2) is 77.1 Å². The molecule has 5 fully saturated rings. The molecule has 0 amide bonds. The van der Waals surface area contributed by atoms with Crippen LogP contribution in [0.4, 0.5) is 0 Å². The van der Waals surface area contributed by atoms with E-state index in [-0.39, 0.29) is 47.6 Å². The molecule has 7 rings (SSSR count). The second-order valence-electron chi connectivity index (χ2n) is 14.6. The second kappa shape index (κ2) is 11.0. The smallest absolute Gasteiger partial charge is 0.324 e. The Balaban J connectivity index is 1.07. The van der Waals surface area contributed by atoms with Crippen LogP contribution in [0.1, 0.15) is 78.8 Å². The highest BCUT2D eigenvalue weighted by Crippen LogP contribution is 2.71. The SMILES string of the molecule is C=C1C(=O)[C@@]23C(=O)O[C@H]4CCC(C)(C)C5[C@H](O)OC[C@]54[C@H]2CC[C@@H]1[C@H]3OC(=O)CCC(=O)OCc1cn(C)c2c1C(=O)C(OC)=CC2=O. The molecule has 1 aromatic rings. The summed E-state index contributed by atoms with van der Waals surface area (Å²) >= 11 is 0. The molecule has 2 saturated heterocycles. The van der Waals surface area contributed by atoms with E-state index in [4.69, 9.17) is 23.7 Å². The number of aromatic nitrogens is 1. The summed E-state index contributed by atoms with van der Waals surface area (Å²) in [6.45, 7) is 7.89. The van der Waals surface area contributed by atoms with Crippen LogP contribution in [0, 0.1) is 34.0 Å². The number of carbonyl (C=O) groups is 6. The van der Waals surface area contributed by atoms with Gasteiger partial charge in [-0.05, 0) is 42.6 Å². The molecule has 2 aliphatic heterocycles. The average molecular weight is 666 g/mol. The number of Topliss-reactive ketones (excluding diaryl/α,β-unsaturated/α-hetero) is 2. The van der Waals surface area contributed by atoms with Crippen LogP contribution in [0.2, 0.25) is 0 Å². The maximum atomic E-state index is 14.1. The van der Waals surface area contributed by atoms with Gasteiger partial charge in [-0.3, -0.25) is 28.8 Å². The van der Waals surface area contributed by atoms with Crippen molar-refractivity contribution in [1.82, 2.24) is 4.57 Å². The lowest BCUT2D eigenvalue weighted by Crippen LogP contribution is -2.71. The van der Waals surface area contributed by atoms with Crippen molar-refractivity contribution >= 4 is 35.3 Å². The number of rotatable bonds is 7. The predicted octanol–water partition coefficient (Wildman–Crippen LogP) is 2.52. The fraction of sp³-hybridized carbons (Fsp3) is 0.600. The molecule has 2 spiro atoms. The minimum Gasteiger partial charge on any atom is -0.492 e. The molecule has 13 nitrogen and oxygen atoms in total. The van der Waals surface area contributed by atoms with E-state index in [1.54, 1.807) is 7.05 Å². The first-order valence-electron chi connectivity index (χ1n) is 16.3. The molecule has 1 unspecified atom stereocenters. The molecule has 1 aromatic heterocycles. The van der Waals surface area contributed by atoms with Crippen LogP contribution in [0.3, 0.4) is 0 Å². The zero-order chi connectivity index (χ0) is 34.5. The first-order valence-corrected chi connectivity index (χ1v) is 16.3. The maximum Gasteiger partial charge on any atom is 0.324 e. The number of ketones is 3. The summed E-state index contributed by atoms with van der Waals surface area (Å²) in [5.41, 5.74) is -2.29. The number of hydrogen-bond acceptors (Lipinski definition) is 12. The minimum absolute atomic E-state index is 0.0883. The Morgan fingerprint density at radius 1 is 1.10 bits per heavy atom. The molecule has 3 heterocycles. The average Bonchev–Trinajstić information content (AvgIpc) is 3.61. The van der Waals surface area contributed by atoms with Crippen LogP contribution in [0.5, 0.6) is 0 Å². The van der Waals surface area contributed by atoms with Crippen molar-refractivity contribution in [2.75, 3.05) is 13.7 Å². The number of nitrogens with zero attached hydrogens (tertiary/aromatic N) is 1. The van der Waals surface area contributed by atoms with E-state index >= 15 is 0 Å². The Bertz CT molecular complexity index is 1720. The molecule has 2 bridgehead atoms. The Kier molecular flexibility index (Phi) is 7.41. The van der Waals surface area contributed by atoms with E-state index < -0.39 is 88.8 Å². The quantitative estimate of drug-likeness (QED) is 0.195. The van der Waals surface area contributed by atoms with Crippen molar-refractivity contribution in [2.24, 2.45) is 41.0 Å². The van der Waals surface area contributed by atoms with E-state index in [1.807, 2.05) is 13.8 Å². The highest BCUT2D eigenvalue weighted by molar-refractivity contribution is 6.24. The molecule has 8 atom stereocenters. The summed E-state index contributed by atoms with van der Waals surface area (Å²) in [6.07, 6.45) is 1.21. The van der Waals surface area contributed by atoms with Gasteiger partial charge in [0.25, 0.3) is 0 Å². The normalized spacial score (nSPS) is 35.9. The molecule has 0 aromatic carbocycles. The zero-order valence-electron chi connectivity index (χ0n) is 27.4. The van der Waals surface area contributed by atoms with Crippen LogP contribution < -0.4 is 0 Å². The molecule has 48 heavy (non-hydrogen) atoms. The molecule has 6 aliphatic rings. The van der Waals surface area contributed by atoms with E-state index in [0.29, 0.717) is 31.2 Å². The number of fused-ring (bicyclic) bond motifs is 2. The minimum atomic E-state index is -1.82. The number of carbonyl (C=O) groups excluding carboxylic acids is 6. The number of methoxy groups -OCH3 is 1. The third-order valence-corrected chi connectivity index (χ3v) is 11.9. The van der Waals surface area contributed by atoms with Crippen molar-refractivity contribution in [3.05, 3.63) is 47.0 Å². The first kappa shape index (κ1) is 32.4. The summed E-state index contributed by atoms with van der Waals surface area (Å²) in [7, 11) is 2.88. The highest BCUT2D eigenvalue weighted by Gasteiger charge is 2.81. The number of allylic oxidation sites excluding steroid dienone is 2. The van der Waals surface area contributed by atoms with Crippen molar-refractivity contribution < 1.29 is 57.6 Å². The van der Waals surface area contributed by atoms with Crippen LogP contribution in [-0.2, 0) is 56.5 Å². The molecule has 13 heteroatoms. The largest absolute Gasteiger partial charge is 0.492 e. The van der Waals surface area contributed by atoms with Gasteiger partial charge >= 0.3 is 17.9 Å². The molecular weight excluding hydrogens is 626 g/mol. The zero-order valence-corrected chi connectivity index (χ0v) is 27.4. The van der Waals surface area contributed by atoms with Gasteiger partial charge in [0.2, 0.25) is 11.6 Å². The third-order valence-electron chi connectivity index (χ3n) is 11.9. The van der Waals surface area contributed by atoms with Crippen LogP contribution >= 0.6 is 0 Å². The lowest BCUT2D eigenvalue weighted by atomic mass is 9.43. The van der Waals surface area contributed by atoms with Gasteiger partial charge in [-0.25, -0.2) is 0 Å². The molecule has 1 N–H and O–H groups in total.